The van der Waals surface area contributed by atoms with Crippen LogP contribution in [0.5, 0.6) is 11.5 Å². The quantitative estimate of drug-likeness (QED) is 0.173. The Kier molecular flexibility index (Phi) is 9.32. The van der Waals surface area contributed by atoms with Gasteiger partial charge in [0.15, 0.2) is 11.5 Å². The zero-order valence-corrected chi connectivity index (χ0v) is 23.8. The summed E-state index contributed by atoms with van der Waals surface area (Å²) in [6, 6.07) is 19.9. The summed E-state index contributed by atoms with van der Waals surface area (Å²) >= 11 is 0. The van der Waals surface area contributed by atoms with E-state index in [1.807, 2.05) is 60.7 Å². The molecule has 0 amide bonds. The molecule has 0 spiro atoms. The van der Waals surface area contributed by atoms with Crippen molar-refractivity contribution in [3.8, 4) is 34.0 Å². The fourth-order valence-corrected chi connectivity index (χ4v) is 5.87. The number of ether oxygens (including phenoxy) is 3. The van der Waals surface area contributed by atoms with Crippen LogP contribution in [0.25, 0.3) is 22.5 Å². The Labute approximate surface area is 242 Å². The maximum Gasteiger partial charge on any atom is 0.163 e. The van der Waals surface area contributed by atoms with Crippen molar-refractivity contribution in [2.45, 2.75) is 77.4 Å². The van der Waals surface area contributed by atoms with E-state index in [0.29, 0.717) is 36.6 Å². The lowest BCUT2D eigenvalue weighted by atomic mass is 9.90. The standard InChI is InChI=1S/C34H40N2O5/c1-3-7-25(8-4-1)21-38-29-15-11-27(12-16-29)33-19-31(40-35-33)23-37-24-32-20-34(36-41-32)28-13-17-30(18-14-28)39-22-26-9-5-2-6-10-26/h11-20,25-26H,1-10,21-24H2. The highest BCUT2D eigenvalue weighted by Crippen LogP contribution is 2.28. The average Bonchev–Trinajstić information content (AvgIpc) is 3.71. The molecule has 2 aromatic carbocycles. The molecule has 2 fully saturated rings. The van der Waals surface area contributed by atoms with Crippen molar-refractivity contribution < 1.29 is 23.3 Å². The van der Waals surface area contributed by atoms with Gasteiger partial charge in [-0.3, -0.25) is 0 Å². The van der Waals surface area contributed by atoms with Crippen molar-refractivity contribution in [3.05, 3.63) is 72.2 Å². The molecule has 2 aliphatic carbocycles. The van der Waals surface area contributed by atoms with Crippen LogP contribution in [0.1, 0.15) is 75.7 Å². The molecule has 0 aliphatic heterocycles. The molecule has 0 radical (unpaired) electrons. The van der Waals surface area contributed by atoms with Crippen molar-refractivity contribution in [1.82, 2.24) is 10.3 Å². The third-order valence-electron chi connectivity index (χ3n) is 8.33. The van der Waals surface area contributed by atoms with Gasteiger partial charge >= 0.3 is 0 Å². The van der Waals surface area contributed by atoms with Gasteiger partial charge in [-0.15, -0.1) is 0 Å². The second-order valence-corrected chi connectivity index (χ2v) is 11.5. The van der Waals surface area contributed by atoms with Crippen molar-refractivity contribution in [1.29, 1.82) is 0 Å². The zero-order chi connectivity index (χ0) is 27.7. The van der Waals surface area contributed by atoms with Gasteiger partial charge in [0.25, 0.3) is 0 Å². The molecular formula is C34H40N2O5. The number of aromatic nitrogens is 2. The first-order valence-electron chi connectivity index (χ1n) is 15.2. The lowest BCUT2D eigenvalue weighted by Crippen LogP contribution is -2.15. The first-order valence-corrected chi connectivity index (χ1v) is 15.2. The van der Waals surface area contributed by atoms with Gasteiger partial charge in [0, 0.05) is 23.3 Å². The minimum atomic E-state index is 0.290. The van der Waals surface area contributed by atoms with Crippen molar-refractivity contribution >= 4 is 0 Å². The molecule has 2 aromatic heterocycles. The maximum absolute atomic E-state index is 6.02. The van der Waals surface area contributed by atoms with Gasteiger partial charge in [-0.2, -0.15) is 0 Å². The lowest BCUT2D eigenvalue weighted by Gasteiger charge is -2.21. The van der Waals surface area contributed by atoms with E-state index >= 15 is 0 Å². The van der Waals surface area contributed by atoms with E-state index in [-0.39, 0.29) is 0 Å². The van der Waals surface area contributed by atoms with Gasteiger partial charge in [-0.05, 0) is 86.1 Å². The van der Waals surface area contributed by atoms with Gasteiger partial charge in [-0.25, -0.2) is 0 Å². The summed E-state index contributed by atoms with van der Waals surface area (Å²) in [4.78, 5) is 0. The van der Waals surface area contributed by atoms with Crippen LogP contribution in [0.3, 0.4) is 0 Å². The Morgan fingerprint density at radius 1 is 0.561 bits per heavy atom. The van der Waals surface area contributed by atoms with Crippen molar-refractivity contribution in [2.75, 3.05) is 13.2 Å². The third kappa shape index (κ3) is 7.79. The second kappa shape index (κ2) is 13.9. The Morgan fingerprint density at radius 2 is 0.976 bits per heavy atom. The fraction of sp³-hybridized carbons (Fsp3) is 0.471. The molecule has 6 rings (SSSR count). The van der Waals surface area contributed by atoms with Gasteiger partial charge in [0.1, 0.15) is 36.1 Å². The second-order valence-electron chi connectivity index (χ2n) is 11.5. The SMILES string of the molecule is c1cc(-c2cc(COCc3cc(-c4ccc(OCC5CCCCC5)cc4)no3)on2)ccc1OCC1CCCCC1. The molecular weight excluding hydrogens is 516 g/mol. The number of hydrogen-bond donors (Lipinski definition) is 0. The smallest absolute Gasteiger partial charge is 0.163 e. The zero-order valence-electron chi connectivity index (χ0n) is 23.8. The monoisotopic (exact) mass is 556 g/mol. The number of hydrogen-bond acceptors (Lipinski definition) is 7. The minimum absolute atomic E-state index is 0.290. The Bertz CT molecular complexity index is 1230. The van der Waals surface area contributed by atoms with E-state index in [1.54, 1.807) is 0 Å². The van der Waals surface area contributed by atoms with E-state index in [1.165, 1.54) is 64.2 Å². The molecule has 7 nitrogen and oxygen atoms in total. The Hall–Kier alpha value is -3.58. The van der Waals surface area contributed by atoms with E-state index in [0.717, 1.165) is 47.2 Å². The van der Waals surface area contributed by atoms with E-state index in [2.05, 4.69) is 10.3 Å². The number of rotatable bonds is 12. The summed E-state index contributed by atoms with van der Waals surface area (Å²) in [5.41, 5.74) is 3.51. The molecule has 0 unspecified atom stereocenters. The molecule has 7 heteroatoms. The van der Waals surface area contributed by atoms with Crippen molar-refractivity contribution in [2.24, 2.45) is 11.8 Å². The highest BCUT2D eigenvalue weighted by molar-refractivity contribution is 5.60. The van der Waals surface area contributed by atoms with Gasteiger partial charge in [0.2, 0.25) is 0 Å². The molecule has 0 N–H and O–H groups in total. The molecule has 41 heavy (non-hydrogen) atoms. The van der Waals surface area contributed by atoms with Gasteiger partial charge in [0.05, 0.1) is 13.2 Å². The molecule has 4 aromatic rings. The highest BCUT2D eigenvalue weighted by Gasteiger charge is 2.16. The first kappa shape index (κ1) is 27.6. The number of nitrogens with zero attached hydrogens (tertiary/aromatic N) is 2. The highest BCUT2D eigenvalue weighted by atomic mass is 16.5. The summed E-state index contributed by atoms with van der Waals surface area (Å²) in [5.74, 6) is 4.48. The Morgan fingerprint density at radius 3 is 1.39 bits per heavy atom. The Balaban J connectivity index is 0.940. The predicted octanol–water partition coefficient (Wildman–Crippen LogP) is 8.63. The van der Waals surface area contributed by atoms with Crippen LogP contribution in [0, 0.1) is 11.8 Å². The molecule has 2 heterocycles. The van der Waals surface area contributed by atoms with Crippen molar-refractivity contribution in [3.63, 3.8) is 0 Å². The summed E-state index contributed by atoms with van der Waals surface area (Å²) in [5, 5.41) is 8.42. The van der Waals surface area contributed by atoms with E-state index in [9.17, 15) is 0 Å². The largest absolute Gasteiger partial charge is 0.493 e. The average molecular weight is 557 g/mol. The minimum Gasteiger partial charge on any atom is -0.493 e. The summed E-state index contributed by atoms with van der Waals surface area (Å²) < 4.78 is 28.8. The fourth-order valence-electron chi connectivity index (χ4n) is 5.87. The van der Waals surface area contributed by atoms with Crippen LogP contribution in [0.4, 0.5) is 0 Å². The normalized spacial score (nSPS) is 16.6. The summed E-state index contributed by atoms with van der Waals surface area (Å²) in [7, 11) is 0. The van der Waals surface area contributed by atoms with Gasteiger partial charge in [-0.1, -0.05) is 48.8 Å². The maximum atomic E-state index is 6.02. The molecule has 0 bridgehead atoms. The van der Waals surface area contributed by atoms with Crippen LogP contribution >= 0.6 is 0 Å². The third-order valence-corrected chi connectivity index (χ3v) is 8.33. The van der Waals surface area contributed by atoms with Crippen LogP contribution in [-0.2, 0) is 18.0 Å². The molecule has 0 atom stereocenters. The lowest BCUT2D eigenvalue weighted by molar-refractivity contribution is 0.0727. The van der Waals surface area contributed by atoms with Crippen LogP contribution < -0.4 is 9.47 Å². The summed E-state index contributed by atoms with van der Waals surface area (Å²) in [6.07, 6.45) is 13.2. The van der Waals surface area contributed by atoms with Crippen LogP contribution in [0.15, 0.2) is 69.7 Å². The van der Waals surface area contributed by atoms with Gasteiger partial charge < -0.3 is 23.3 Å². The topological polar surface area (TPSA) is 79.8 Å². The molecule has 216 valence electrons. The number of benzene rings is 2. The molecule has 0 saturated heterocycles. The van der Waals surface area contributed by atoms with E-state index in [4.69, 9.17) is 23.3 Å². The molecule has 2 saturated carbocycles. The van der Waals surface area contributed by atoms with Crippen LogP contribution in [-0.4, -0.2) is 23.5 Å². The van der Waals surface area contributed by atoms with E-state index < -0.39 is 0 Å². The van der Waals surface area contributed by atoms with Crippen LogP contribution in [0.2, 0.25) is 0 Å². The molecule has 2 aliphatic rings. The predicted molar refractivity (Wildman–Crippen MR) is 157 cm³/mol. The summed E-state index contributed by atoms with van der Waals surface area (Å²) in [6.45, 7) is 2.19. The first-order chi connectivity index (χ1) is 20.3.